The topological polar surface area (TPSA) is 83.4 Å². The molecule has 9 nitrogen and oxygen atoms in total. The number of hydrogen-bond acceptors (Lipinski definition) is 8. The van der Waals surface area contributed by atoms with Crippen molar-refractivity contribution in [1.82, 2.24) is 19.5 Å². The summed E-state index contributed by atoms with van der Waals surface area (Å²) in [5.74, 6) is 1.26. The Morgan fingerprint density at radius 3 is 2.24 bits per heavy atom. The van der Waals surface area contributed by atoms with Crippen LogP contribution in [0.1, 0.15) is 38.1 Å². The van der Waals surface area contributed by atoms with E-state index in [1.807, 2.05) is 20.4 Å². The summed E-state index contributed by atoms with van der Waals surface area (Å²) in [6.07, 6.45) is 8.07. The smallest absolute Gasteiger partial charge is 0.231 e. The van der Waals surface area contributed by atoms with Crippen LogP contribution in [0.4, 0.5) is 34.5 Å². The summed E-state index contributed by atoms with van der Waals surface area (Å²) in [5.41, 5.74) is 5.92. The highest BCUT2D eigenvalue weighted by molar-refractivity contribution is 5.87. The fourth-order valence-electron chi connectivity index (χ4n) is 5.37. The van der Waals surface area contributed by atoms with Crippen molar-refractivity contribution in [3.05, 3.63) is 54.9 Å². The third-order valence-corrected chi connectivity index (χ3v) is 7.54. The van der Waals surface area contributed by atoms with Gasteiger partial charge in [0.1, 0.15) is 0 Å². The molecule has 2 fully saturated rings. The Hall–Kier alpha value is -3.85. The van der Waals surface area contributed by atoms with E-state index < -0.39 is 0 Å². The summed E-state index contributed by atoms with van der Waals surface area (Å²) >= 11 is 0. The standard InChI is InChI=1S/C29H36N8O/c1-35(2)23-12-8-22(9-13-23)32-29-33-27(26-28(34-29)37(20-30-26)25-6-4-3-5-7-25)31-21-10-14-24(15-11-21)36-16-18-38-19-17-36/h8-15,20,25H,3-7,16-19H2,1-2H3,(H2,31,32,33,34). The predicted molar refractivity (Wildman–Crippen MR) is 154 cm³/mol. The molecule has 1 saturated heterocycles. The second kappa shape index (κ2) is 10.9. The highest BCUT2D eigenvalue weighted by atomic mass is 16.5. The molecule has 6 rings (SSSR count). The van der Waals surface area contributed by atoms with E-state index in [0.29, 0.717) is 17.8 Å². The third-order valence-electron chi connectivity index (χ3n) is 7.54. The van der Waals surface area contributed by atoms with E-state index in [2.05, 4.69) is 73.5 Å². The van der Waals surface area contributed by atoms with Gasteiger partial charge >= 0.3 is 0 Å². The first-order valence-electron chi connectivity index (χ1n) is 13.6. The largest absolute Gasteiger partial charge is 0.378 e. The molecule has 198 valence electrons. The predicted octanol–water partition coefficient (Wildman–Crippen LogP) is 5.72. The number of morpholine rings is 1. The molecule has 0 bridgehead atoms. The molecule has 0 amide bonds. The van der Waals surface area contributed by atoms with Crippen LogP contribution in [0, 0.1) is 0 Å². The number of fused-ring (bicyclic) bond motifs is 1. The molecule has 38 heavy (non-hydrogen) atoms. The summed E-state index contributed by atoms with van der Waals surface area (Å²) in [5, 5.41) is 6.95. The first kappa shape index (κ1) is 24.5. The van der Waals surface area contributed by atoms with E-state index in [-0.39, 0.29) is 0 Å². The Labute approximate surface area is 223 Å². The number of ether oxygens (including phenoxy) is 1. The molecule has 9 heteroatoms. The van der Waals surface area contributed by atoms with Crippen LogP contribution >= 0.6 is 0 Å². The van der Waals surface area contributed by atoms with Crippen molar-refractivity contribution in [2.24, 2.45) is 0 Å². The van der Waals surface area contributed by atoms with Crippen molar-refractivity contribution in [2.45, 2.75) is 38.1 Å². The highest BCUT2D eigenvalue weighted by Gasteiger charge is 2.21. The Morgan fingerprint density at radius 2 is 1.53 bits per heavy atom. The molecular formula is C29H36N8O. The van der Waals surface area contributed by atoms with Crippen LogP contribution < -0.4 is 20.4 Å². The minimum atomic E-state index is 0.427. The number of imidazole rings is 1. The second-order valence-electron chi connectivity index (χ2n) is 10.3. The Balaban J connectivity index is 1.32. The Bertz CT molecular complexity index is 1350. The van der Waals surface area contributed by atoms with E-state index in [1.165, 1.54) is 24.9 Å². The van der Waals surface area contributed by atoms with Crippen molar-refractivity contribution >= 4 is 45.7 Å². The van der Waals surface area contributed by atoms with Crippen molar-refractivity contribution in [1.29, 1.82) is 0 Å². The molecule has 3 heterocycles. The molecular weight excluding hydrogens is 476 g/mol. The fourth-order valence-corrected chi connectivity index (χ4v) is 5.37. The Morgan fingerprint density at radius 1 is 0.842 bits per heavy atom. The van der Waals surface area contributed by atoms with Gasteiger partial charge in [-0.05, 0) is 61.4 Å². The van der Waals surface area contributed by atoms with Crippen LogP contribution in [-0.2, 0) is 4.74 Å². The van der Waals surface area contributed by atoms with Crippen LogP contribution in [0.25, 0.3) is 11.2 Å². The molecule has 2 aliphatic rings. The van der Waals surface area contributed by atoms with E-state index in [1.54, 1.807) is 0 Å². The molecule has 2 aromatic carbocycles. The number of nitrogens with one attached hydrogen (secondary N) is 2. The van der Waals surface area contributed by atoms with Gasteiger partial charge in [0.2, 0.25) is 5.95 Å². The van der Waals surface area contributed by atoms with Gasteiger partial charge in [0.15, 0.2) is 17.0 Å². The van der Waals surface area contributed by atoms with E-state index in [0.717, 1.165) is 67.4 Å². The molecule has 0 atom stereocenters. The lowest BCUT2D eigenvalue weighted by atomic mass is 9.95. The molecule has 4 aromatic rings. The van der Waals surface area contributed by atoms with Gasteiger partial charge in [-0.3, -0.25) is 0 Å². The number of hydrogen-bond donors (Lipinski definition) is 2. The van der Waals surface area contributed by atoms with Gasteiger partial charge in [-0.2, -0.15) is 9.97 Å². The minimum Gasteiger partial charge on any atom is -0.378 e. The monoisotopic (exact) mass is 512 g/mol. The molecule has 2 N–H and O–H groups in total. The van der Waals surface area contributed by atoms with Gasteiger partial charge in [0.25, 0.3) is 0 Å². The average Bonchev–Trinajstić information content (AvgIpc) is 3.39. The first-order valence-corrected chi connectivity index (χ1v) is 13.6. The summed E-state index contributed by atoms with van der Waals surface area (Å²) in [6, 6.07) is 17.2. The van der Waals surface area contributed by atoms with Crippen LogP contribution in [-0.4, -0.2) is 59.9 Å². The summed E-state index contributed by atoms with van der Waals surface area (Å²) in [6.45, 7) is 3.39. The van der Waals surface area contributed by atoms with Crippen LogP contribution in [0.15, 0.2) is 54.9 Å². The lowest BCUT2D eigenvalue weighted by Gasteiger charge is -2.28. The fraction of sp³-hybridized carbons (Fsp3) is 0.414. The van der Waals surface area contributed by atoms with Crippen LogP contribution in [0.2, 0.25) is 0 Å². The van der Waals surface area contributed by atoms with E-state index in [4.69, 9.17) is 19.7 Å². The normalized spacial score (nSPS) is 16.5. The zero-order chi connectivity index (χ0) is 25.9. The maximum Gasteiger partial charge on any atom is 0.231 e. The molecule has 1 saturated carbocycles. The number of anilines is 6. The molecule has 0 unspecified atom stereocenters. The quantitative estimate of drug-likeness (QED) is 0.325. The van der Waals surface area contributed by atoms with Gasteiger partial charge < -0.3 is 29.7 Å². The molecule has 0 radical (unpaired) electrons. The molecule has 0 spiro atoms. The maximum absolute atomic E-state index is 5.50. The van der Waals surface area contributed by atoms with Gasteiger partial charge in [-0.25, -0.2) is 4.98 Å². The second-order valence-corrected chi connectivity index (χ2v) is 10.3. The highest BCUT2D eigenvalue weighted by Crippen LogP contribution is 2.33. The molecule has 1 aliphatic heterocycles. The van der Waals surface area contributed by atoms with Gasteiger partial charge in [0.05, 0.1) is 19.5 Å². The van der Waals surface area contributed by atoms with Crippen LogP contribution in [0.5, 0.6) is 0 Å². The molecule has 2 aromatic heterocycles. The van der Waals surface area contributed by atoms with Crippen molar-refractivity contribution < 1.29 is 4.74 Å². The zero-order valence-electron chi connectivity index (χ0n) is 22.2. The van der Waals surface area contributed by atoms with Gasteiger partial charge in [-0.1, -0.05) is 19.3 Å². The van der Waals surface area contributed by atoms with Gasteiger partial charge in [0, 0.05) is 56.0 Å². The zero-order valence-corrected chi connectivity index (χ0v) is 22.2. The number of benzene rings is 2. The maximum atomic E-state index is 5.50. The molecule has 1 aliphatic carbocycles. The van der Waals surface area contributed by atoms with Crippen molar-refractivity contribution in [2.75, 3.05) is 60.8 Å². The average molecular weight is 513 g/mol. The Kier molecular flexibility index (Phi) is 7.00. The van der Waals surface area contributed by atoms with Gasteiger partial charge in [-0.15, -0.1) is 0 Å². The third kappa shape index (κ3) is 5.24. The summed E-state index contributed by atoms with van der Waals surface area (Å²) < 4.78 is 7.75. The summed E-state index contributed by atoms with van der Waals surface area (Å²) in [4.78, 5) is 19.0. The van der Waals surface area contributed by atoms with E-state index >= 15 is 0 Å². The first-order chi connectivity index (χ1) is 18.6. The van der Waals surface area contributed by atoms with Crippen LogP contribution in [0.3, 0.4) is 0 Å². The number of rotatable bonds is 7. The SMILES string of the molecule is CN(C)c1ccc(Nc2nc(Nc3ccc(N4CCOCC4)cc3)c3ncn(C4CCCCC4)c3n2)cc1. The number of aromatic nitrogens is 4. The summed E-state index contributed by atoms with van der Waals surface area (Å²) in [7, 11) is 4.08. The van der Waals surface area contributed by atoms with Crippen molar-refractivity contribution in [3.8, 4) is 0 Å². The minimum absolute atomic E-state index is 0.427. The lowest BCUT2D eigenvalue weighted by molar-refractivity contribution is 0.122. The lowest BCUT2D eigenvalue weighted by Crippen LogP contribution is -2.36. The number of nitrogens with zero attached hydrogens (tertiary/aromatic N) is 6. The van der Waals surface area contributed by atoms with E-state index in [9.17, 15) is 0 Å². The van der Waals surface area contributed by atoms with Crippen molar-refractivity contribution in [3.63, 3.8) is 0 Å².